The smallest absolute Gasteiger partial charge is 0.279 e. The van der Waals surface area contributed by atoms with Gasteiger partial charge in [-0.1, -0.05) is 29.8 Å². The first-order valence-electron chi connectivity index (χ1n) is 10.6. The van der Waals surface area contributed by atoms with Crippen LogP contribution in [-0.4, -0.2) is 24.5 Å². The highest BCUT2D eigenvalue weighted by Gasteiger charge is 2.16. The van der Waals surface area contributed by atoms with E-state index in [1.807, 2.05) is 20.9 Å². The number of likely N-dealkylation sites (N-methyl/N-ethyl adjacent to an activating group) is 1. The summed E-state index contributed by atoms with van der Waals surface area (Å²) < 4.78 is 0. The Bertz CT molecular complexity index is 1060. The number of carbonyl (C=O) groups excluding carboxylic acids is 1. The summed E-state index contributed by atoms with van der Waals surface area (Å²) in [5.74, 6) is 0.0398. The minimum atomic E-state index is 0.0398. The summed E-state index contributed by atoms with van der Waals surface area (Å²) >= 11 is 1.68. The van der Waals surface area contributed by atoms with Crippen molar-refractivity contribution in [2.45, 2.75) is 46.6 Å². The third kappa shape index (κ3) is 4.63. The van der Waals surface area contributed by atoms with E-state index in [4.69, 9.17) is 4.98 Å². The standard InChI is InChI=1S/C25H29N3OS/c1-16-10-17(2)25(18(3)11-16)27-23(29)13-28(4)14-24-26-22(15-30-24)21-9-8-19-6-5-7-20(19)12-21/h8-12,15H,5-7,13-14H2,1-4H3,(H,27,29)/p+1. The number of hydrogen-bond donors (Lipinski definition) is 2. The quantitative estimate of drug-likeness (QED) is 0.636. The molecule has 1 amide bonds. The van der Waals surface area contributed by atoms with E-state index in [1.165, 1.54) is 41.5 Å². The molecule has 5 heteroatoms. The van der Waals surface area contributed by atoms with Gasteiger partial charge in [0.1, 0.15) is 11.6 Å². The Kier molecular flexibility index (Phi) is 6.02. The van der Waals surface area contributed by atoms with Crippen molar-refractivity contribution in [1.29, 1.82) is 0 Å². The van der Waals surface area contributed by atoms with Crippen LogP contribution >= 0.6 is 11.3 Å². The Morgan fingerprint density at radius 3 is 2.60 bits per heavy atom. The maximum absolute atomic E-state index is 12.6. The third-order valence-corrected chi connectivity index (χ3v) is 6.65. The number of carbonyl (C=O) groups is 1. The van der Waals surface area contributed by atoms with Crippen LogP contribution in [0.25, 0.3) is 11.3 Å². The zero-order chi connectivity index (χ0) is 21.3. The van der Waals surface area contributed by atoms with Gasteiger partial charge in [-0.3, -0.25) is 4.79 Å². The molecular formula is C25H30N3OS+. The van der Waals surface area contributed by atoms with Crippen LogP contribution in [-0.2, 0) is 24.2 Å². The van der Waals surface area contributed by atoms with Crippen molar-refractivity contribution in [2.75, 3.05) is 18.9 Å². The number of fused-ring (bicyclic) bond motifs is 1. The van der Waals surface area contributed by atoms with Gasteiger partial charge in [-0.25, -0.2) is 4.98 Å². The second kappa shape index (κ2) is 8.70. The third-order valence-electron chi connectivity index (χ3n) is 5.80. The van der Waals surface area contributed by atoms with Gasteiger partial charge in [-0.2, -0.15) is 0 Å². The Morgan fingerprint density at radius 2 is 1.83 bits per heavy atom. The normalized spacial score (nSPS) is 13.9. The lowest BCUT2D eigenvalue weighted by atomic mass is 10.1. The van der Waals surface area contributed by atoms with Crippen LogP contribution < -0.4 is 10.2 Å². The van der Waals surface area contributed by atoms with E-state index in [1.54, 1.807) is 11.3 Å². The van der Waals surface area contributed by atoms with Crippen LogP contribution in [0.1, 0.15) is 39.2 Å². The molecule has 0 saturated carbocycles. The van der Waals surface area contributed by atoms with Crippen molar-refractivity contribution in [3.05, 3.63) is 68.5 Å². The van der Waals surface area contributed by atoms with Gasteiger partial charge in [0.25, 0.3) is 5.91 Å². The van der Waals surface area contributed by atoms with Crippen LogP contribution in [0.5, 0.6) is 0 Å². The lowest BCUT2D eigenvalue weighted by Gasteiger charge is -2.15. The van der Waals surface area contributed by atoms with Crippen LogP contribution in [0.4, 0.5) is 5.69 Å². The topological polar surface area (TPSA) is 46.4 Å². The van der Waals surface area contributed by atoms with Crippen molar-refractivity contribution < 1.29 is 9.69 Å². The van der Waals surface area contributed by atoms with E-state index in [0.717, 1.165) is 39.0 Å². The molecule has 0 saturated heterocycles. The van der Waals surface area contributed by atoms with Gasteiger partial charge in [0.2, 0.25) is 0 Å². The fraction of sp³-hybridized carbons (Fsp3) is 0.360. The molecule has 1 heterocycles. The van der Waals surface area contributed by atoms with E-state index in [-0.39, 0.29) is 5.91 Å². The van der Waals surface area contributed by atoms with Crippen LogP contribution in [0, 0.1) is 20.8 Å². The molecule has 0 aliphatic heterocycles. The average molecular weight is 421 g/mol. The summed E-state index contributed by atoms with van der Waals surface area (Å²) in [5.41, 5.74) is 9.59. The first-order chi connectivity index (χ1) is 14.4. The summed E-state index contributed by atoms with van der Waals surface area (Å²) in [5, 5.41) is 6.31. The molecule has 0 spiro atoms. The fourth-order valence-corrected chi connectivity index (χ4v) is 5.33. The van der Waals surface area contributed by atoms with Crippen molar-refractivity contribution in [3.63, 3.8) is 0 Å². The Labute approximate surface area is 183 Å². The largest absolute Gasteiger partial charge is 0.324 e. The van der Waals surface area contributed by atoms with Crippen LogP contribution in [0.3, 0.4) is 0 Å². The monoisotopic (exact) mass is 420 g/mol. The first-order valence-corrected chi connectivity index (χ1v) is 11.5. The minimum Gasteiger partial charge on any atom is -0.324 e. The number of rotatable bonds is 6. The number of thiazole rings is 1. The number of benzene rings is 2. The van der Waals surface area contributed by atoms with Crippen molar-refractivity contribution in [3.8, 4) is 11.3 Å². The summed E-state index contributed by atoms with van der Waals surface area (Å²) in [7, 11) is 2.05. The lowest BCUT2D eigenvalue weighted by molar-refractivity contribution is -0.885. The highest BCUT2D eigenvalue weighted by atomic mass is 32.1. The Balaban J connectivity index is 1.37. The summed E-state index contributed by atoms with van der Waals surface area (Å²) in [6, 6.07) is 11.0. The van der Waals surface area contributed by atoms with E-state index in [2.05, 4.69) is 48.0 Å². The van der Waals surface area contributed by atoms with Gasteiger partial charge >= 0.3 is 0 Å². The highest BCUT2D eigenvalue weighted by Crippen LogP contribution is 2.28. The molecule has 156 valence electrons. The fourth-order valence-electron chi connectivity index (χ4n) is 4.41. The number of amides is 1. The molecule has 0 radical (unpaired) electrons. The number of nitrogens with one attached hydrogen (secondary N) is 2. The predicted octanol–water partition coefficient (Wildman–Crippen LogP) is 3.88. The number of hydrogen-bond acceptors (Lipinski definition) is 3. The summed E-state index contributed by atoms with van der Waals surface area (Å²) in [6.45, 7) is 7.33. The molecule has 0 bridgehead atoms. The zero-order valence-corrected chi connectivity index (χ0v) is 19.1. The molecule has 3 aromatic rings. The van der Waals surface area contributed by atoms with E-state index in [9.17, 15) is 4.79 Å². The summed E-state index contributed by atoms with van der Waals surface area (Å²) in [6.07, 6.45) is 3.65. The van der Waals surface area contributed by atoms with Gasteiger partial charge in [-0.15, -0.1) is 11.3 Å². The maximum Gasteiger partial charge on any atom is 0.279 e. The second-order valence-corrected chi connectivity index (χ2v) is 9.54. The molecular weight excluding hydrogens is 390 g/mol. The number of anilines is 1. The minimum absolute atomic E-state index is 0.0398. The van der Waals surface area contributed by atoms with Crippen LogP contribution in [0.15, 0.2) is 35.7 Å². The number of aromatic nitrogens is 1. The predicted molar refractivity (Wildman–Crippen MR) is 124 cm³/mol. The van der Waals surface area contributed by atoms with Gasteiger partial charge in [0.15, 0.2) is 6.54 Å². The maximum atomic E-state index is 12.6. The molecule has 1 aromatic heterocycles. The molecule has 1 atom stereocenters. The van der Waals surface area contributed by atoms with E-state index < -0.39 is 0 Å². The van der Waals surface area contributed by atoms with Gasteiger partial charge < -0.3 is 10.2 Å². The zero-order valence-electron chi connectivity index (χ0n) is 18.3. The van der Waals surface area contributed by atoms with E-state index >= 15 is 0 Å². The van der Waals surface area contributed by atoms with Gasteiger partial charge in [-0.05, 0) is 68.4 Å². The van der Waals surface area contributed by atoms with Gasteiger partial charge in [0, 0.05) is 16.6 Å². The molecule has 2 aromatic carbocycles. The van der Waals surface area contributed by atoms with E-state index in [0.29, 0.717) is 6.54 Å². The molecule has 1 aliphatic carbocycles. The Morgan fingerprint density at radius 1 is 1.10 bits per heavy atom. The SMILES string of the molecule is Cc1cc(C)c(NC(=O)C[NH+](C)Cc2nc(-c3ccc4c(c3)CCC4)cs2)c(C)c1. The molecule has 30 heavy (non-hydrogen) atoms. The summed E-state index contributed by atoms with van der Waals surface area (Å²) in [4.78, 5) is 18.6. The van der Waals surface area contributed by atoms with Crippen molar-refractivity contribution in [2.24, 2.45) is 0 Å². The van der Waals surface area contributed by atoms with Gasteiger partial charge in [0.05, 0.1) is 12.7 Å². The molecule has 1 unspecified atom stereocenters. The first kappa shape index (κ1) is 20.8. The second-order valence-electron chi connectivity index (χ2n) is 8.60. The molecule has 4 rings (SSSR count). The number of nitrogens with zero attached hydrogens (tertiary/aromatic N) is 1. The molecule has 2 N–H and O–H groups in total. The van der Waals surface area contributed by atoms with Crippen molar-refractivity contribution in [1.82, 2.24) is 4.98 Å². The molecule has 0 fully saturated rings. The molecule has 1 aliphatic rings. The molecule has 4 nitrogen and oxygen atoms in total. The number of quaternary nitrogens is 1. The Hall–Kier alpha value is -2.50. The highest BCUT2D eigenvalue weighted by molar-refractivity contribution is 7.09. The number of aryl methyl sites for hydroxylation is 5. The average Bonchev–Trinajstić information content (AvgIpc) is 3.33. The van der Waals surface area contributed by atoms with Crippen molar-refractivity contribution >= 4 is 22.9 Å². The lowest BCUT2D eigenvalue weighted by Crippen LogP contribution is -3.08. The van der Waals surface area contributed by atoms with Crippen LogP contribution in [0.2, 0.25) is 0 Å².